The van der Waals surface area contributed by atoms with Gasteiger partial charge in [-0.3, -0.25) is 0 Å². The van der Waals surface area contributed by atoms with E-state index in [0.29, 0.717) is 12.8 Å². The van der Waals surface area contributed by atoms with Gasteiger partial charge in [0.2, 0.25) is 0 Å². The molecule has 5 heteroatoms. The minimum absolute atomic E-state index is 0.504. The van der Waals surface area contributed by atoms with Gasteiger partial charge in [-0.2, -0.15) is 8.42 Å². The van der Waals surface area contributed by atoms with E-state index in [0.717, 1.165) is 62.5 Å². The van der Waals surface area contributed by atoms with E-state index in [9.17, 15) is 13.7 Å². The second-order valence-corrected chi connectivity index (χ2v) is 12.6. The molecule has 0 aliphatic carbocycles. The maximum atomic E-state index is 13.5. The van der Waals surface area contributed by atoms with Crippen molar-refractivity contribution < 1.29 is 18.0 Å². The smallest absolute Gasteiger partial charge is 0.235 e. The van der Waals surface area contributed by atoms with Crippen LogP contribution >= 0.6 is 0 Å². The lowest BCUT2D eigenvalue weighted by molar-refractivity contribution is -0.134. The van der Waals surface area contributed by atoms with Crippen LogP contribution in [-0.2, 0) is 25.6 Å². The summed E-state index contributed by atoms with van der Waals surface area (Å²) in [6, 6.07) is 8.04. The summed E-state index contributed by atoms with van der Waals surface area (Å²) in [4.78, 5) is 0. The maximum Gasteiger partial charge on any atom is 0.303 e. The number of hydrogen-bond donors (Lipinski definition) is 1. The number of unbranched alkanes of at least 4 members (excludes halogenated alkanes) is 15. The summed E-state index contributed by atoms with van der Waals surface area (Å²) in [6.45, 7) is 6.64. The van der Waals surface area contributed by atoms with Crippen molar-refractivity contribution >= 4 is 10.1 Å². The molecule has 0 aliphatic heterocycles. The zero-order valence-electron chi connectivity index (χ0n) is 23.7. The highest BCUT2D eigenvalue weighted by molar-refractivity contribution is 7.87. The Bertz CT molecular complexity index is 744. The summed E-state index contributed by atoms with van der Waals surface area (Å²) >= 11 is 0. The van der Waals surface area contributed by atoms with Crippen LogP contribution in [-0.4, -0.2) is 13.7 Å². The standard InChI is InChI=1S/C31H56O4S/c1-4-7-10-13-16-19-24-29-25-20-21-26-30(29)31(36(33,34)35-32,27-22-17-14-11-8-5-2)28-23-18-15-12-9-6-3/h20-21,25-26,32H,4-19,22-24,27-28H2,1-3H3. The number of aryl methyl sites for hydroxylation is 1. The Hall–Kier alpha value is -0.910. The first-order valence-corrected chi connectivity index (χ1v) is 16.6. The molecule has 0 aromatic heterocycles. The zero-order chi connectivity index (χ0) is 26.5. The van der Waals surface area contributed by atoms with Gasteiger partial charge in [-0.25, -0.2) is 5.26 Å². The van der Waals surface area contributed by atoms with E-state index >= 15 is 0 Å². The number of rotatable bonds is 24. The molecule has 1 rings (SSSR count). The van der Waals surface area contributed by atoms with Crippen LogP contribution in [0.2, 0.25) is 0 Å². The minimum atomic E-state index is -4.18. The lowest BCUT2D eigenvalue weighted by atomic mass is 9.83. The van der Waals surface area contributed by atoms with Crippen molar-refractivity contribution in [3.8, 4) is 0 Å². The van der Waals surface area contributed by atoms with Crippen LogP contribution in [0.3, 0.4) is 0 Å². The first-order chi connectivity index (χ1) is 17.5. The van der Waals surface area contributed by atoms with Gasteiger partial charge in [-0.1, -0.05) is 154 Å². The van der Waals surface area contributed by atoms with Crippen molar-refractivity contribution in [3.63, 3.8) is 0 Å². The first-order valence-electron chi connectivity index (χ1n) is 15.1. The van der Waals surface area contributed by atoms with Crippen molar-refractivity contribution in [2.24, 2.45) is 0 Å². The van der Waals surface area contributed by atoms with Crippen molar-refractivity contribution in [2.75, 3.05) is 0 Å². The third-order valence-corrected chi connectivity index (χ3v) is 9.53. The van der Waals surface area contributed by atoms with Crippen molar-refractivity contribution in [1.82, 2.24) is 0 Å². The molecule has 0 fully saturated rings. The van der Waals surface area contributed by atoms with Gasteiger partial charge in [0.15, 0.2) is 0 Å². The van der Waals surface area contributed by atoms with Gasteiger partial charge in [0.25, 0.3) is 0 Å². The second-order valence-electron chi connectivity index (χ2n) is 10.7. The van der Waals surface area contributed by atoms with Gasteiger partial charge in [0.05, 0.1) is 0 Å². The van der Waals surface area contributed by atoms with Gasteiger partial charge in [-0.15, -0.1) is 4.33 Å². The third-order valence-electron chi connectivity index (χ3n) is 7.75. The van der Waals surface area contributed by atoms with Crippen molar-refractivity contribution in [3.05, 3.63) is 35.4 Å². The van der Waals surface area contributed by atoms with E-state index in [1.165, 1.54) is 70.6 Å². The topological polar surface area (TPSA) is 63.6 Å². The molecule has 0 saturated heterocycles. The lowest BCUT2D eigenvalue weighted by Gasteiger charge is -2.34. The molecule has 0 heterocycles. The zero-order valence-corrected chi connectivity index (χ0v) is 24.6. The lowest BCUT2D eigenvalue weighted by Crippen LogP contribution is -2.38. The van der Waals surface area contributed by atoms with Crippen LogP contribution < -0.4 is 0 Å². The molecule has 0 amide bonds. The molecule has 0 saturated carbocycles. The van der Waals surface area contributed by atoms with Gasteiger partial charge in [0.1, 0.15) is 4.75 Å². The van der Waals surface area contributed by atoms with E-state index in [1.807, 2.05) is 18.2 Å². The fourth-order valence-corrected chi connectivity index (χ4v) is 6.91. The fraction of sp³-hybridized carbons (Fsp3) is 0.806. The SMILES string of the molecule is CCCCCCCCc1ccccc1C(CCCCCCCC)(CCCCCCCC)S(=O)(=O)OO. The minimum Gasteiger partial charge on any atom is -0.235 e. The average Bonchev–Trinajstić information content (AvgIpc) is 2.89. The van der Waals surface area contributed by atoms with E-state index in [4.69, 9.17) is 0 Å². The van der Waals surface area contributed by atoms with Crippen LogP contribution in [0.1, 0.15) is 160 Å². The Morgan fingerprint density at radius 2 is 1.06 bits per heavy atom. The van der Waals surface area contributed by atoms with Crippen LogP contribution in [0.5, 0.6) is 0 Å². The molecule has 0 atom stereocenters. The average molecular weight is 525 g/mol. The molecule has 0 radical (unpaired) electrons. The highest BCUT2D eigenvalue weighted by Crippen LogP contribution is 2.43. The first kappa shape index (κ1) is 33.1. The van der Waals surface area contributed by atoms with Crippen LogP contribution in [0.4, 0.5) is 0 Å². The molecule has 4 nitrogen and oxygen atoms in total. The molecule has 0 aliphatic rings. The van der Waals surface area contributed by atoms with Gasteiger partial charge < -0.3 is 0 Å². The normalized spacial score (nSPS) is 12.3. The van der Waals surface area contributed by atoms with E-state index in [-0.39, 0.29) is 0 Å². The van der Waals surface area contributed by atoms with Crippen molar-refractivity contribution in [1.29, 1.82) is 0 Å². The molecule has 1 aromatic rings. The monoisotopic (exact) mass is 524 g/mol. The number of benzene rings is 1. The van der Waals surface area contributed by atoms with E-state index in [2.05, 4.69) is 31.2 Å². The Morgan fingerprint density at radius 3 is 1.53 bits per heavy atom. The van der Waals surface area contributed by atoms with Crippen LogP contribution in [0.15, 0.2) is 24.3 Å². The van der Waals surface area contributed by atoms with E-state index < -0.39 is 14.9 Å². The van der Waals surface area contributed by atoms with Gasteiger partial charge in [-0.05, 0) is 36.8 Å². The predicted octanol–water partition coefficient (Wildman–Crippen LogP) is 10.1. The van der Waals surface area contributed by atoms with E-state index in [1.54, 1.807) is 0 Å². The molecule has 1 aromatic carbocycles. The highest BCUT2D eigenvalue weighted by Gasteiger charge is 2.47. The summed E-state index contributed by atoms with van der Waals surface area (Å²) in [5.41, 5.74) is 1.96. The largest absolute Gasteiger partial charge is 0.303 e. The second kappa shape index (κ2) is 20.1. The predicted molar refractivity (Wildman–Crippen MR) is 154 cm³/mol. The Balaban J connectivity index is 3.13. The fourth-order valence-electron chi connectivity index (χ4n) is 5.51. The Kier molecular flexibility index (Phi) is 18.5. The highest BCUT2D eigenvalue weighted by atomic mass is 32.2. The molecule has 0 unspecified atom stereocenters. The van der Waals surface area contributed by atoms with Gasteiger partial charge >= 0.3 is 10.1 Å². The maximum absolute atomic E-state index is 13.5. The molecule has 36 heavy (non-hydrogen) atoms. The quantitative estimate of drug-likeness (QED) is 0.0830. The molecule has 210 valence electrons. The molecule has 0 bridgehead atoms. The van der Waals surface area contributed by atoms with Crippen molar-refractivity contribution in [2.45, 2.75) is 160 Å². The van der Waals surface area contributed by atoms with Crippen LogP contribution in [0.25, 0.3) is 0 Å². The summed E-state index contributed by atoms with van der Waals surface area (Å²) in [7, 11) is -4.18. The number of hydrogen-bond acceptors (Lipinski definition) is 4. The molecular formula is C31H56O4S. The third kappa shape index (κ3) is 11.6. The summed E-state index contributed by atoms with van der Waals surface area (Å²) in [5, 5.41) is 9.64. The van der Waals surface area contributed by atoms with Gasteiger partial charge in [0, 0.05) is 0 Å². The summed E-state index contributed by atoms with van der Waals surface area (Å²) in [5.74, 6) is 0. The molecular weight excluding hydrogens is 468 g/mol. The summed E-state index contributed by atoms with van der Waals surface area (Å²) < 4.78 is 30.1. The molecule has 1 N–H and O–H groups in total. The Labute approximate surface area is 223 Å². The molecule has 0 spiro atoms. The Morgan fingerprint density at radius 1 is 0.639 bits per heavy atom. The van der Waals surface area contributed by atoms with Crippen LogP contribution in [0, 0.1) is 0 Å². The summed E-state index contributed by atoms with van der Waals surface area (Å²) in [6.07, 6.45) is 22.3.